The molecular weight excluding hydrogens is 378 g/mol. The SMILES string of the molecule is [2H]c1cc([2H])c(C([2H])([2H])C([2H])([2H])C([2H])([2H])COCCCCCC([2H])([2H])NCC([2H])(O)c2c([2H])c([2H])c(O)c(C([2H])([2H])O)c2[2H])c([2H])c1. The fourth-order valence-electron chi connectivity index (χ4n) is 2.19. The molecule has 30 heavy (non-hydrogen) atoms. The predicted molar refractivity (Wildman–Crippen MR) is 121 cm³/mol. The second-order valence-electron chi connectivity index (χ2n) is 5.97. The van der Waals surface area contributed by atoms with E-state index in [1.807, 2.05) is 0 Å². The van der Waals surface area contributed by atoms with Gasteiger partial charge in [0.15, 0.2) is 0 Å². The van der Waals surface area contributed by atoms with Crippen LogP contribution in [0.2, 0.25) is 0 Å². The quantitative estimate of drug-likeness (QED) is 0.300. The van der Waals surface area contributed by atoms with Crippen molar-refractivity contribution in [1.29, 1.82) is 0 Å². The third-order valence-electron chi connectivity index (χ3n) is 3.71. The Balaban J connectivity index is 1.94. The van der Waals surface area contributed by atoms with E-state index in [9.17, 15) is 15.3 Å². The third kappa shape index (κ3) is 9.72. The lowest BCUT2D eigenvalue weighted by atomic mass is 10.1. The Hall–Kier alpha value is -1.92. The van der Waals surface area contributed by atoms with Crippen molar-refractivity contribution in [2.45, 2.75) is 57.4 Å². The van der Waals surface area contributed by atoms with Crippen molar-refractivity contribution in [1.82, 2.24) is 5.32 Å². The fourth-order valence-corrected chi connectivity index (χ4v) is 2.19. The lowest BCUT2D eigenvalue weighted by molar-refractivity contribution is 0.126. The summed E-state index contributed by atoms with van der Waals surface area (Å²) in [4.78, 5) is 0. The standard InChI is InChI=1S/C25H37NO4/c27-20-23-18-22(13-14-24(23)28)25(29)19-26-15-7-1-2-8-16-30-17-9-6-12-21-10-4-3-5-11-21/h3-5,10-11,13-14,18,25-29H,1-2,6-9,12,15-17,19-20H2/i3D,6D2,9D2,10D,11D,12D2,13D,14D,15D2,18D,20D2,25D. The first-order valence-corrected chi connectivity index (χ1v) is 9.32. The molecule has 2 rings (SSSR count). The fraction of sp³-hybridized carbons (Fsp3) is 0.520. The summed E-state index contributed by atoms with van der Waals surface area (Å²) in [5, 5.41) is 32.6. The zero-order valence-electron chi connectivity index (χ0n) is 33.4. The number of ether oxygens (including phenoxy) is 1. The molecule has 0 aliphatic rings. The summed E-state index contributed by atoms with van der Waals surface area (Å²) in [7, 11) is 0. The summed E-state index contributed by atoms with van der Waals surface area (Å²) < 4.78 is 141. The van der Waals surface area contributed by atoms with Gasteiger partial charge in [-0.05, 0) is 61.7 Å². The molecule has 4 N–H and O–H groups in total. The number of unbranched alkanes of at least 4 members (excludes halogenated alkanes) is 2. The number of hydrogen-bond acceptors (Lipinski definition) is 5. The van der Waals surface area contributed by atoms with Crippen LogP contribution in [0.15, 0.2) is 48.4 Å². The third-order valence-corrected chi connectivity index (χ3v) is 3.71. The Bertz CT molecular complexity index is 1410. The molecule has 1 unspecified atom stereocenters. The van der Waals surface area contributed by atoms with E-state index in [1.165, 1.54) is 0 Å². The Morgan fingerprint density at radius 3 is 2.67 bits per heavy atom. The van der Waals surface area contributed by atoms with Gasteiger partial charge in [0.05, 0.1) is 25.0 Å². The highest BCUT2D eigenvalue weighted by molar-refractivity contribution is 5.36. The van der Waals surface area contributed by atoms with E-state index < -0.39 is 104 Å². The van der Waals surface area contributed by atoms with Crippen LogP contribution in [0.3, 0.4) is 0 Å². The van der Waals surface area contributed by atoms with Gasteiger partial charge in [0.25, 0.3) is 0 Å². The Labute approximate surface area is 204 Å². The predicted octanol–water partition coefficient (Wildman–Crippen LogP) is 4.11. The van der Waals surface area contributed by atoms with Crippen LogP contribution in [0.4, 0.5) is 0 Å². The molecule has 5 heteroatoms. The zero-order valence-corrected chi connectivity index (χ0v) is 16.4. The smallest absolute Gasteiger partial charge is 0.121 e. The maximum Gasteiger partial charge on any atom is 0.121 e. The molecule has 0 bridgehead atoms. The number of hydrogen-bond donors (Lipinski definition) is 4. The number of aliphatic hydroxyl groups is 2. The molecular formula is C25H37NO4. The molecule has 0 heterocycles. The van der Waals surface area contributed by atoms with Gasteiger partial charge in [0.2, 0.25) is 0 Å². The minimum atomic E-state index is -3.35. The minimum Gasteiger partial charge on any atom is -0.508 e. The summed E-state index contributed by atoms with van der Waals surface area (Å²) in [6, 6.07) is -2.75. The Kier molecular flexibility index (Phi) is 4.84. The van der Waals surface area contributed by atoms with Gasteiger partial charge in [-0.2, -0.15) is 0 Å². The number of benzene rings is 2. The molecule has 5 nitrogen and oxygen atoms in total. The molecule has 0 saturated carbocycles. The van der Waals surface area contributed by atoms with Crippen molar-refractivity contribution in [3.63, 3.8) is 0 Å². The molecule has 0 aliphatic carbocycles. The normalized spacial score (nSPS) is 23.9. The van der Waals surface area contributed by atoms with Gasteiger partial charge < -0.3 is 25.4 Å². The second kappa shape index (κ2) is 15.0. The van der Waals surface area contributed by atoms with Gasteiger partial charge in [0, 0.05) is 36.3 Å². The first-order valence-electron chi connectivity index (χ1n) is 17.8. The monoisotopic (exact) mass is 432 g/mol. The minimum absolute atomic E-state index is 0.113. The number of rotatable bonds is 16. The maximum absolute atomic E-state index is 10.7. The van der Waals surface area contributed by atoms with Crippen LogP contribution in [0.25, 0.3) is 0 Å². The van der Waals surface area contributed by atoms with Crippen LogP contribution in [0.1, 0.15) is 84.5 Å². The zero-order chi connectivity index (χ0) is 36.6. The molecule has 2 aromatic rings. The molecule has 0 aromatic heterocycles. The molecule has 0 aliphatic heterocycles. The van der Waals surface area contributed by atoms with Crippen LogP contribution < -0.4 is 5.32 Å². The van der Waals surface area contributed by atoms with Crippen molar-refractivity contribution in [2.75, 3.05) is 26.3 Å². The lowest BCUT2D eigenvalue weighted by Crippen LogP contribution is -2.22. The van der Waals surface area contributed by atoms with Gasteiger partial charge in [0.1, 0.15) is 5.75 Å². The first-order chi connectivity index (χ1) is 21.1. The largest absolute Gasteiger partial charge is 0.508 e. The van der Waals surface area contributed by atoms with Gasteiger partial charge in [-0.15, -0.1) is 0 Å². The van der Waals surface area contributed by atoms with E-state index in [4.69, 9.17) is 28.0 Å². The van der Waals surface area contributed by atoms with E-state index in [1.54, 1.807) is 0 Å². The average Bonchev–Trinajstić information content (AvgIpc) is 2.88. The van der Waals surface area contributed by atoms with E-state index in [-0.39, 0.29) is 31.9 Å². The van der Waals surface area contributed by atoms with Gasteiger partial charge in [-0.25, -0.2) is 0 Å². The van der Waals surface area contributed by atoms with Crippen LogP contribution in [-0.2, 0) is 17.7 Å². The van der Waals surface area contributed by atoms with E-state index >= 15 is 0 Å². The second-order valence-corrected chi connectivity index (χ2v) is 5.97. The molecule has 1 atom stereocenters. The molecule has 0 saturated heterocycles. The Morgan fingerprint density at radius 2 is 1.87 bits per heavy atom. The van der Waals surface area contributed by atoms with Gasteiger partial charge >= 0.3 is 0 Å². The Morgan fingerprint density at radius 1 is 1.07 bits per heavy atom. The lowest BCUT2D eigenvalue weighted by Gasteiger charge is -2.14. The number of nitrogens with one attached hydrogen (secondary N) is 1. The molecule has 0 spiro atoms. The van der Waals surface area contributed by atoms with Crippen molar-refractivity contribution in [3.05, 3.63) is 65.1 Å². The molecule has 166 valence electrons. The summed E-state index contributed by atoms with van der Waals surface area (Å²) >= 11 is 0. The maximum atomic E-state index is 10.7. The van der Waals surface area contributed by atoms with E-state index in [0.29, 0.717) is 6.42 Å². The summed E-state index contributed by atoms with van der Waals surface area (Å²) in [5.74, 6) is -1.21. The molecule has 0 fully saturated rings. The van der Waals surface area contributed by atoms with E-state index in [2.05, 4.69) is 5.32 Å². The summed E-state index contributed by atoms with van der Waals surface area (Å²) in [5.41, 5.74) is -2.76. The highest BCUT2D eigenvalue weighted by Crippen LogP contribution is 2.22. The van der Waals surface area contributed by atoms with Crippen molar-refractivity contribution in [2.24, 2.45) is 0 Å². The summed E-state index contributed by atoms with van der Waals surface area (Å²) in [6.45, 7) is -7.50. The van der Waals surface area contributed by atoms with Crippen LogP contribution in [0, 0.1) is 0 Å². The van der Waals surface area contributed by atoms with Gasteiger partial charge in [-0.1, -0.05) is 49.1 Å². The molecule has 2 aromatic carbocycles. The highest BCUT2D eigenvalue weighted by Gasteiger charge is 2.09. The number of phenols is 1. The first kappa shape index (κ1) is 9.70. The van der Waals surface area contributed by atoms with Crippen LogP contribution in [-0.4, -0.2) is 41.6 Å². The van der Waals surface area contributed by atoms with Crippen molar-refractivity contribution in [3.8, 4) is 5.75 Å². The van der Waals surface area contributed by atoms with Gasteiger partial charge in [-0.3, -0.25) is 0 Å². The van der Waals surface area contributed by atoms with E-state index in [0.717, 1.165) is 12.1 Å². The van der Waals surface area contributed by atoms with Crippen LogP contribution in [0.5, 0.6) is 5.75 Å². The highest BCUT2D eigenvalue weighted by atomic mass is 16.5. The number of aromatic hydroxyl groups is 1. The average molecular weight is 433 g/mol. The molecule has 0 radical (unpaired) electrons. The van der Waals surface area contributed by atoms with Crippen molar-refractivity contribution < 1.29 is 43.4 Å². The summed E-state index contributed by atoms with van der Waals surface area (Å²) in [6.07, 6.45) is -11.7. The van der Waals surface area contributed by atoms with Crippen molar-refractivity contribution >= 4 is 0 Å². The topological polar surface area (TPSA) is 82.0 Å². The van der Waals surface area contributed by atoms with Crippen LogP contribution >= 0.6 is 0 Å². The molecule has 0 amide bonds.